The number of aliphatic hydroxyl groups is 2. The van der Waals surface area contributed by atoms with Gasteiger partial charge in [0.05, 0.1) is 25.9 Å². The summed E-state index contributed by atoms with van der Waals surface area (Å²) in [6.07, 6.45) is 0. The molecule has 0 unspecified atom stereocenters. The maximum Gasteiger partial charge on any atom is 0.131 e. The molecular formula is C12H18FNO3. The van der Waals surface area contributed by atoms with E-state index >= 15 is 0 Å². The molecule has 5 heteroatoms. The standard InChI is InChI=1S/C12H18FNO3/c1-12(7-15,8-16)14-6-9-3-4-10(17-2)5-11(9)13/h3-5,14-16H,6-8H2,1-2H3. The first-order valence-electron chi connectivity index (χ1n) is 5.34. The van der Waals surface area contributed by atoms with Gasteiger partial charge in [0.2, 0.25) is 0 Å². The van der Waals surface area contributed by atoms with Crippen LogP contribution in [0.5, 0.6) is 5.75 Å². The summed E-state index contributed by atoms with van der Waals surface area (Å²) in [4.78, 5) is 0. The summed E-state index contributed by atoms with van der Waals surface area (Å²) >= 11 is 0. The molecule has 1 aromatic carbocycles. The van der Waals surface area contributed by atoms with Crippen LogP contribution in [0.15, 0.2) is 18.2 Å². The van der Waals surface area contributed by atoms with E-state index in [0.29, 0.717) is 11.3 Å². The number of methoxy groups -OCH3 is 1. The van der Waals surface area contributed by atoms with Gasteiger partial charge in [0.15, 0.2) is 0 Å². The molecule has 0 aromatic heterocycles. The molecule has 0 spiro atoms. The molecule has 17 heavy (non-hydrogen) atoms. The molecule has 4 nitrogen and oxygen atoms in total. The van der Waals surface area contributed by atoms with Crippen LogP contribution in [-0.2, 0) is 6.54 Å². The van der Waals surface area contributed by atoms with Gasteiger partial charge in [0.1, 0.15) is 11.6 Å². The quantitative estimate of drug-likeness (QED) is 0.687. The van der Waals surface area contributed by atoms with Gasteiger partial charge in [-0.3, -0.25) is 0 Å². The molecule has 0 aliphatic heterocycles. The fourth-order valence-electron chi connectivity index (χ4n) is 1.27. The highest BCUT2D eigenvalue weighted by molar-refractivity contribution is 5.28. The van der Waals surface area contributed by atoms with Crippen molar-refractivity contribution in [2.45, 2.75) is 19.0 Å². The highest BCUT2D eigenvalue weighted by atomic mass is 19.1. The Morgan fingerprint density at radius 3 is 2.47 bits per heavy atom. The van der Waals surface area contributed by atoms with E-state index in [0.717, 1.165) is 0 Å². The monoisotopic (exact) mass is 243 g/mol. The van der Waals surface area contributed by atoms with Gasteiger partial charge in [-0.15, -0.1) is 0 Å². The number of rotatable bonds is 6. The maximum atomic E-state index is 13.6. The highest BCUT2D eigenvalue weighted by Gasteiger charge is 2.21. The summed E-state index contributed by atoms with van der Waals surface area (Å²) < 4.78 is 18.5. The first-order chi connectivity index (χ1) is 8.04. The Balaban J connectivity index is 2.69. The van der Waals surface area contributed by atoms with E-state index in [2.05, 4.69) is 5.32 Å². The van der Waals surface area contributed by atoms with Crippen LogP contribution in [-0.4, -0.2) is 36.1 Å². The molecule has 0 amide bonds. The predicted molar refractivity (Wildman–Crippen MR) is 62.4 cm³/mol. The van der Waals surface area contributed by atoms with Crippen molar-refractivity contribution in [2.24, 2.45) is 0 Å². The van der Waals surface area contributed by atoms with Crippen LogP contribution in [0, 0.1) is 5.82 Å². The third-order valence-corrected chi connectivity index (χ3v) is 2.66. The molecule has 0 radical (unpaired) electrons. The molecule has 0 bridgehead atoms. The minimum absolute atomic E-state index is 0.221. The van der Waals surface area contributed by atoms with E-state index in [9.17, 15) is 4.39 Å². The number of nitrogens with one attached hydrogen (secondary N) is 1. The lowest BCUT2D eigenvalue weighted by Crippen LogP contribution is -2.48. The zero-order valence-corrected chi connectivity index (χ0v) is 10.0. The van der Waals surface area contributed by atoms with Crippen LogP contribution in [0.2, 0.25) is 0 Å². The van der Waals surface area contributed by atoms with Gasteiger partial charge in [-0.05, 0) is 13.0 Å². The predicted octanol–water partition coefficient (Wildman–Crippen LogP) is 0.667. The third kappa shape index (κ3) is 3.66. The number of hydrogen-bond donors (Lipinski definition) is 3. The van der Waals surface area contributed by atoms with Gasteiger partial charge >= 0.3 is 0 Å². The highest BCUT2D eigenvalue weighted by Crippen LogP contribution is 2.16. The molecule has 1 aromatic rings. The average molecular weight is 243 g/mol. The zero-order valence-electron chi connectivity index (χ0n) is 10.0. The number of halogens is 1. The summed E-state index contributed by atoms with van der Waals surface area (Å²) in [5.74, 6) is 0.0772. The lowest BCUT2D eigenvalue weighted by Gasteiger charge is -2.26. The Morgan fingerprint density at radius 2 is 2.00 bits per heavy atom. The van der Waals surface area contributed by atoms with Crippen molar-refractivity contribution in [3.8, 4) is 5.75 Å². The number of aliphatic hydroxyl groups excluding tert-OH is 2. The lowest BCUT2D eigenvalue weighted by atomic mass is 10.0. The smallest absolute Gasteiger partial charge is 0.131 e. The molecular weight excluding hydrogens is 225 g/mol. The van der Waals surface area contributed by atoms with Crippen molar-refractivity contribution in [2.75, 3.05) is 20.3 Å². The Labute approximate surface area is 100 Å². The van der Waals surface area contributed by atoms with E-state index in [1.54, 1.807) is 19.1 Å². The van der Waals surface area contributed by atoms with Crippen molar-refractivity contribution in [1.82, 2.24) is 5.32 Å². The normalized spacial score (nSPS) is 11.6. The Hall–Kier alpha value is -1.17. The zero-order chi connectivity index (χ0) is 12.9. The van der Waals surface area contributed by atoms with Gasteiger partial charge < -0.3 is 20.3 Å². The SMILES string of the molecule is COc1ccc(CNC(C)(CO)CO)c(F)c1. The second kappa shape index (κ2) is 5.95. The van der Waals surface area contributed by atoms with Gasteiger partial charge in [0, 0.05) is 18.2 Å². The fourth-order valence-corrected chi connectivity index (χ4v) is 1.27. The molecule has 0 saturated heterocycles. The summed E-state index contributed by atoms with van der Waals surface area (Å²) in [6, 6.07) is 4.57. The summed E-state index contributed by atoms with van der Waals surface area (Å²) in [6.45, 7) is 1.45. The van der Waals surface area contributed by atoms with E-state index in [-0.39, 0.29) is 25.6 Å². The molecule has 3 N–H and O–H groups in total. The summed E-state index contributed by atoms with van der Waals surface area (Å²) in [7, 11) is 1.47. The molecule has 0 aliphatic carbocycles. The van der Waals surface area contributed by atoms with Gasteiger partial charge in [-0.1, -0.05) is 6.07 Å². The minimum Gasteiger partial charge on any atom is -0.497 e. The van der Waals surface area contributed by atoms with Crippen LogP contribution in [0.25, 0.3) is 0 Å². The van der Waals surface area contributed by atoms with Crippen molar-refractivity contribution in [3.05, 3.63) is 29.6 Å². The Bertz CT molecular complexity index is 367. The van der Waals surface area contributed by atoms with Crippen LogP contribution < -0.4 is 10.1 Å². The minimum atomic E-state index is -0.813. The van der Waals surface area contributed by atoms with Gasteiger partial charge in [0.25, 0.3) is 0 Å². The lowest BCUT2D eigenvalue weighted by molar-refractivity contribution is 0.103. The Kier molecular flexibility index (Phi) is 4.86. The molecule has 0 fully saturated rings. The molecule has 0 saturated carbocycles. The second-order valence-electron chi connectivity index (χ2n) is 4.19. The molecule has 0 atom stereocenters. The first kappa shape index (κ1) is 13.9. The van der Waals surface area contributed by atoms with Crippen LogP contribution in [0.1, 0.15) is 12.5 Å². The van der Waals surface area contributed by atoms with E-state index in [4.69, 9.17) is 14.9 Å². The topological polar surface area (TPSA) is 61.7 Å². The van der Waals surface area contributed by atoms with Crippen molar-refractivity contribution < 1.29 is 19.3 Å². The van der Waals surface area contributed by atoms with E-state index in [1.807, 2.05) is 0 Å². The van der Waals surface area contributed by atoms with Crippen LogP contribution >= 0.6 is 0 Å². The fraction of sp³-hybridized carbons (Fsp3) is 0.500. The van der Waals surface area contributed by atoms with Crippen molar-refractivity contribution >= 4 is 0 Å². The molecule has 0 aliphatic rings. The van der Waals surface area contributed by atoms with Crippen LogP contribution in [0.4, 0.5) is 4.39 Å². The number of hydrogen-bond acceptors (Lipinski definition) is 4. The second-order valence-corrected chi connectivity index (χ2v) is 4.19. The largest absolute Gasteiger partial charge is 0.497 e. The van der Waals surface area contributed by atoms with Gasteiger partial charge in [-0.25, -0.2) is 4.39 Å². The maximum absolute atomic E-state index is 13.6. The number of benzene rings is 1. The van der Waals surface area contributed by atoms with Crippen molar-refractivity contribution in [3.63, 3.8) is 0 Å². The van der Waals surface area contributed by atoms with Crippen LogP contribution in [0.3, 0.4) is 0 Å². The molecule has 96 valence electrons. The van der Waals surface area contributed by atoms with Crippen molar-refractivity contribution in [1.29, 1.82) is 0 Å². The van der Waals surface area contributed by atoms with Gasteiger partial charge in [-0.2, -0.15) is 0 Å². The summed E-state index contributed by atoms with van der Waals surface area (Å²) in [5.41, 5.74) is -0.356. The molecule has 1 rings (SSSR count). The van der Waals surface area contributed by atoms with E-state index in [1.165, 1.54) is 13.2 Å². The third-order valence-electron chi connectivity index (χ3n) is 2.66. The van der Waals surface area contributed by atoms with E-state index < -0.39 is 5.54 Å². The first-order valence-corrected chi connectivity index (χ1v) is 5.34. The Morgan fingerprint density at radius 1 is 1.35 bits per heavy atom. The summed E-state index contributed by atoms with van der Waals surface area (Å²) in [5, 5.41) is 21.1. The number of ether oxygens (including phenoxy) is 1. The average Bonchev–Trinajstić information content (AvgIpc) is 2.36. The molecule has 0 heterocycles.